The molecule has 3 rings (SSSR count). The number of nitrogens with zero attached hydrogens (tertiary/aromatic N) is 3. The Morgan fingerprint density at radius 2 is 1.94 bits per heavy atom. The number of aryl methyl sites for hydroxylation is 1. The van der Waals surface area contributed by atoms with Gasteiger partial charge in [-0.1, -0.05) is 13.0 Å². The molecule has 3 nitrogen and oxygen atoms in total. The Bertz CT molecular complexity index is 686. The number of fused-ring (bicyclic) bond motifs is 1. The molecule has 0 aliphatic rings. The summed E-state index contributed by atoms with van der Waals surface area (Å²) in [6, 6.07) is 7.11. The number of pyridine rings is 2. The van der Waals surface area contributed by atoms with Gasteiger partial charge in [-0.25, -0.2) is 9.50 Å². The zero-order valence-corrected chi connectivity index (χ0v) is 9.97. The predicted molar refractivity (Wildman–Crippen MR) is 67.8 cm³/mol. The molecule has 4 heteroatoms. The van der Waals surface area contributed by atoms with Crippen LogP contribution in [0.25, 0.3) is 16.6 Å². The summed E-state index contributed by atoms with van der Waals surface area (Å²) < 4.78 is 14.6. The molecule has 0 fully saturated rings. The summed E-state index contributed by atoms with van der Waals surface area (Å²) in [5.74, 6) is -0.466. The fourth-order valence-corrected chi connectivity index (χ4v) is 2.03. The summed E-state index contributed by atoms with van der Waals surface area (Å²) in [4.78, 5) is 3.66. The number of aromatic nitrogens is 3. The van der Waals surface area contributed by atoms with Crippen LogP contribution >= 0.6 is 0 Å². The molecule has 0 amide bonds. The summed E-state index contributed by atoms with van der Waals surface area (Å²) in [5.41, 5.74) is 4.18. The van der Waals surface area contributed by atoms with Gasteiger partial charge in [0.2, 0.25) is 5.95 Å². The lowest BCUT2D eigenvalue weighted by molar-refractivity contribution is 0.584. The lowest BCUT2D eigenvalue weighted by Gasteiger charge is -2.02. The van der Waals surface area contributed by atoms with Gasteiger partial charge in [-0.15, -0.1) is 0 Å². The standard InChI is InChI=1S/C14H12FN3/c1-2-10-8-17-18-9-12(3-5-13(10)18)11-4-6-14(15)16-7-11/h3-9H,2H2,1H3. The summed E-state index contributed by atoms with van der Waals surface area (Å²) in [7, 11) is 0. The lowest BCUT2D eigenvalue weighted by Crippen LogP contribution is -1.90. The van der Waals surface area contributed by atoms with Crippen molar-refractivity contribution in [3.05, 3.63) is 54.4 Å². The second-order valence-electron chi connectivity index (χ2n) is 4.14. The van der Waals surface area contributed by atoms with Crippen molar-refractivity contribution in [3.63, 3.8) is 0 Å². The van der Waals surface area contributed by atoms with Crippen molar-refractivity contribution in [2.75, 3.05) is 0 Å². The van der Waals surface area contributed by atoms with E-state index in [4.69, 9.17) is 0 Å². The summed E-state index contributed by atoms with van der Waals surface area (Å²) in [5, 5.41) is 4.32. The molecule has 0 aliphatic heterocycles. The van der Waals surface area contributed by atoms with Crippen LogP contribution in [0.1, 0.15) is 12.5 Å². The van der Waals surface area contributed by atoms with Gasteiger partial charge >= 0.3 is 0 Å². The van der Waals surface area contributed by atoms with Gasteiger partial charge in [-0.2, -0.15) is 9.49 Å². The van der Waals surface area contributed by atoms with E-state index in [-0.39, 0.29) is 0 Å². The van der Waals surface area contributed by atoms with E-state index < -0.39 is 5.95 Å². The summed E-state index contributed by atoms with van der Waals surface area (Å²) >= 11 is 0. The van der Waals surface area contributed by atoms with Crippen molar-refractivity contribution in [1.82, 2.24) is 14.6 Å². The van der Waals surface area contributed by atoms with E-state index in [1.165, 1.54) is 17.8 Å². The van der Waals surface area contributed by atoms with Crippen molar-refractivity contribution in [3.8, 4) is 11.1 Å². The zero-order chi connectivity index (χ0) is 12.5. The molecular formula is C14H12FN3. The molecule has 0 spiro atoms. The van der Waals surface area contributed by atoms with Gasteiger partial charge in [0.05, 0.1) is 11.7 Å². The lowest BCUT2D eigenvalue weighted by atomic mass is 10.1. The van der Waals surface area contributed by atoms with Crippen LogP contribution in [0.3, 0.4) is 0 Å². The molecule has 0 N–H and O–H groups in total. The van der Waals surface area contributed by atoms with Crippen molar-refractivity contribution < 1.29 is 4.39 Å². The average molecular weight is 241 g/mol. The zero-order valence-electron chi connectivity index (χ0n) is 9.97. The molecule has 3 aromatic heterocycles. The minimum absolute atomic E-state index is 0.466. The second-order valence-corrected chi connectivity index (χ2v) is 4.14. The van der Waals surface area contributed by atoms with E-state index in [9.17, 15) is 4.39 Å². The van der Waals surface area contributed by atoms with E-state index >= 15 is 0 Å². The highest BCUT2D eigenvalue weighted by molar-refractivity contribution is 5.65. The van der Waals surface area contributed by atoms with Crippen LogP contribution < -0.4 is 0 Å². The predicted octanol–water partition coefficient (Wildman–Crippen LogP) is 3.10. The molecule has 0 saturated carbocycles. The quantitative estimate of drug-likeness (QED) is 0.645. The number of hydrogen-bond acceptors (Lipinski definition) is 2. The normalized spacial score (nSPS) is 11.0. The Kier molecular flexibility index (Phi) is 2.55. The van der Waals surface area contributed by atoms with Crippen molar-refractivity contribution in [1.29, 1.82) is 0 Å². The van der Waals surface area contributed by atoms with Crippen LogP contribution in [0.15, 0.2) is 42.9 Å². The van der Waals surface area contributed by atoms with Crippen LogP contribution in [0.2, 0.25) is 0 Å². The third-order valence-electron chi connectivity index (χ3n) is 3.04. The molecule has 0 radical (unpaired) electrons. The highest BCUT2D eigenvalue weighted by Crippen LogP contribution is 2.20. The minimum atomic E-state index is -0.466. The molecule has 0 saturated heterocycles. The molecule has 0 aromatic carbocycles. The molecular weight excluding hydrogens is 229 g/mol. The Morgan fingerprint density at radius 1 is 1.11 bits per heavy atom. The minimum Gasteiger partial charge on any atom is -0.240 e. The first kappa shape index (κ1) is 10.9. The summed E-state index contributed by atoms with van der Waals surface area (Å²) in [6.07, 6.45) is 6.30. The molecule has 0 aliphatic carbocycles. The third kappa shape index (κ3) is 1.76. The smallest absolute Gasteiger partial charge is 0.212 e. The first-order valence-corrected chi connectivity index (χ1v) is 5.86. The first-order chi connectivity index (χ1) is 8.78. The largest absolute Gasteiger partial charge is 0.240 e. The number of rotatable bonds is 2. The van der Waals surface area contributed by atoms with Gasteiger partial charge in [0.1, 0.15) is 0 Å². The van der Waals surface area contributed by atoms with Gasteiger partial charge in [0, 0.05) is 23.5 Å². The van der Waals surface area contributed by atoms with Crippen LogP contribution in [0.4, 0.5) is 4.39 Å². The van der Waals surface area contributed by atoms with E-state index in [1.54, 1.807) is 6.07 Å². The second kappa shape index (κ2) is 4.22. The molecule has 0 atom stereocenters. The monoisotopic (exact) mass is 241 g/mol. The van der Waals surface area contributed by atoms with Gasteiger partial charge in [0.25, 0.3) is 0 Å². The van der Waals surface area contributed by atoms with Gasteiger partial charge in [0.15, 0.2) is 0 Å². The molecule has 3 aromatic rings. The Morgan fingerprint density at radius 3 is 2.67 bits per heavy atom. The number of halogens is 1. The summed E-state index contributed by atoms with van der Waals surface area (Å²) in [6.45, 7) is 2.11. The Labute approximate surface area is 104 Å². The van der Waals surface area contributed by atoms with Crippen LogP contribution in [0.5, 0.6) is 0 Å². The maximum Gasteiger partial charge on any atom is 0.212 e. The third-order valence-corrected chi connectivity index (χ3v) is 3.04. The van der Waals surface area contributed by atoms with Crippen molar-refractivity contribution in [2.24, 2.45) is 0 Å². The van der Waals surface area contributed by atoms with E-state index in [0.717, 1.165) is 23.1 Å². The highest BCUT2D eigenvalue weighted by Gasteiger charge is 2.04. The Hall–Kier alpha value is -2.23. The SMILES string of the molecule is CCc1cnn2cc(-c3ccc(F)nc3)ccc12. The van der Waals surface area contributed by atoms with Crippen molar-refractivity contribution >= 4 is 5.52 Å². The van der Waals surface area contributed by atoms with Crippen LogP contribution in [0, 0.1) is 5.95 Å². The fourth-order valence-electron chi connectivity index (χ4n) is 2.03. The van der Waals surface area contributed by atoms with Crippen molar-refractivity contribution in [2.45, 2.75) is 13.3 Å². The Balaban J connectivity index is 2.10. The topological polar surface area (TPSA) is 30.2 Å². The fraction of sp³-hybridized carbons (Fsp3) is 0.143. The van der Waals surface area contributed by atoms with E-state index in [0.29, 0.717) is 0 Å². The highest BCUT2D eigenvalue weighted by atomic mass is 19.1. The maximum atomic E-state index is 12.8. The molecule has 3 heterocycles. The van der Waals surface area contributed by atoms with Crippen LogP contribution in [-0.4, -0.2) is 14.6 Å². The van der Waals surface area contributed by atoms with Crippen LogP contribution in [-0.2, 0) is 6.42 Å². The van der Waals surface area contributed by atoms with E-state index in [2.05, 4.69) is 17.0 Å². The molecule has 18 heavy (non-hydrogen) atoms. The molecule has 0 bridgehead atoms. The molecule has 0 unspecified atom stereocenters. The van der Waals surface area contributed by atoms with Gasteiger partial charge in [-0.3, -0.25) is 0 Å². The maximum absolute atomic E-state index is 12.8. The van der Waals surface area contributed by atoms with Gasteiger partial charge in [-0.05, 0) is 30.2 Å². The molecule has 90 valence electrons. The van der Waals surface area contributed by atoms with E-state index in [1.807, 2.05) is 29.0 Å². The first-order valence-electron chi connectivity index (χ1n) is 5.86. The number of hydrogen-bond donors (Lipinski definition) is 0. The average Bonchev–Trinajstić information content (AvgIpc) is 2.81. The van der Waals surface area contributed by atoms with Gasteiger partial charge < -0.3 is 0 Å².